The molecular formula is C12H18N6. The van der Waals surface area contributed by atoms with Crippen LogP contribution in [0.3, 0.4) is 0 Å². The van der Waals surface area contributed by atoms with E-state index in [9.17, 15) is 0 Å². The minimum atomic E-state index is 0.575. The Balaban J connectivity index is 2.31. The van der Waals surface area contributed by atoms with Gasteiger partial charge in [-0.15, -0.1) is 5.10 Å². The molecule has 0 aliphatic rings. The van der Waals surface area contributed by atoms with E-state index in [-0.39, 0.29) is 0 Å². The highest BCUT2D eigenvalue weighted by Gasteiger charge is 2.09. The highest BCUT2D eigenvalue weighted by atomic mass is 15.4. The van der Waals surface area contributed by atoms with Crippen LogP contribution >= 0.6 is 0 Å². The van der Waals surface area contributed by atoms with Crippen molar-refractivity contribution in [3.8, 4) is 5.95 Å². The van der Waals surface area contributed by atoms with Gasteiger partial charge in [-0.3, -0.25) is 0 Å². The summed E-state index contributed by atoms with van der Waals surface area (Å²) in [6.45, 7) is 9.53. The SMILES string of the molecule is CCNCc1cnc(-n2nc(C)nc2C)nc1C. The molecule has 2 heterocycles. The van der Waals surface area contributed by atoms with Crippen LogP contribution in [0.25, 0.3) is 5.95 Å². The van der Waals surface area contributed by atoms with Gasteiger partial charge in [-0.1, -0.05) is 6.92 Å². The first-order valence-corrected chi connectivity index (χ1v) is 6.05. The first-order valence-electron chi connectivity index (χ1n) is 6.05. The summed E-state index contributed by atoms with van der Waals surface area (Å²) in [5, 5.41) is 7.54. The van der Waals surface area contributed by atoms with E-state index in [0.717, 1.165) is 36.0 Å². The molecule has 0 saturated carbocycles. The largest absolute Gasteiger partial charge is 0.313 e. The van der Waals surface area contributed by atoms with Gasteiger partial charge in [-0.05, 0) is 27.3 Å². The van der Waals surface area contributed by atoms with E-state index >= 15 is 0 Å². The molecule has 96 valence electrons. The average Bonchev–Trinajstić information content (AvgIpc) is 2.67. The first kappa shape index (κ1) is 12.6. The Morgan fingerprint density at radius 2 is 2.00 bits per heavy atom. The maximum Gasteiger partial charge on any atom is 0.252 e. The van der Waals surface area contributed by atoms with Gasteiger partial charge in [0.1, 0.15) is 11.6 Å². The van der Waals surface area contributed by atoms with Crippen molar-refractivity contribution in [3.63, 3.8) is 0 Å². The van der Waals surface area contributed by atoms with Gasteiger partial charge in [-0.25, -0.2) is 15.0 Å². The van der Waals surface area contributed by atoms with Crippen LogP contribution in [0, 0.1) is 20.8 Å². The molecule has 1 N–H and O–H groups in total. The van der Waals surface area contributed by atoms with Crippen molar-refractivity contribution in [2.45, 2.75) is 34.2 Å². The Hall–Kier alpha value is -1.82. The third kappa shape index (κ3) is 2.53. The Morgan fingerprint density at radius 1 is 1.22 bits per heavy atom. The quantitative estimate of drug-likeness (QED) is 0.874. The van der Waals surface area contributed by atoms with Gasteiger partial charge in [0.15, 0.2) is 0 Å². The molecule has 2 rings (SSSR count). The molecule has 0 atom stereocenters. The van der Waals surface area contributed by atoms with Crippen molar-refractivity contribution in [1.82, 2.24) is 30.0 Å². The van der Waals surface area contributed by atoms with Gasteiger partial charge in [0, 0.05) is 24.0 Å². The standard InChI is InChI=1S/C12H18N6/c1-5-13-6-11-7-14-12(15-8(11)2)18-10(4)16-9(3)17-18/h7,13H,5-6H2,1-4H3. The van der Waals surface area contributed by atoms with Crippen LogP contribution in [0.15, 0.2) is 6.20 Å². The molecule has 0 aliphatic carbocycles. The smallest absolute Gasteiger partial charge is 0.252 e. The molecule has 2 aromatic heterocycles. The molecule has 0 radical (unpaired) electrons. The Bertz CT molecular complexity index is 545. The number of aromatic nitrogens is 5. The second-order valence-corrected chi connectivity index (χ2v) is 4.18. The van der Waals surface area contributed by atoms with Crippen LogP contribution in [0.2, 0.25) is 0 Å². The molecular weight excluding hydrogens is 228 g/mol. The molecule has 0 spiro atoms. The molecule has 0 aromatic carbocycles. The van der Waals surface area contributed by atoms with Crippen LogP contribution in [-0.2, 0) is 6.54 Å². The first-order chi connectivity index (χ1) is 8.61. The van der Waals surface area contributed by atoms with Crippen LogP contribution in [-0.4, -0.2) is 31.3 Å². The number of rotatable bonds is 4. The highest BCUT2D eigenvalue weighted by Crippen LogP contribution is 2.08. The van der Waals surface area contributed by atoms with Crippen molar-refractivity contribution in [2.75, 3.05) is 6.54 Å². The van der Waals surface area contributed by atoms with E-state index in [4.69, 9.17) is 0 Å². The summed E-state index contributed by atoms with van der Waals surface area (Å²) in [6.07, 6.45) is 1.84. The van der Waals surface area contributed by atoms with Gasteiger partial charge in [-0.2, -0.15) is 4.68 Å². The lowest BCUT2D eigenvalue weighted by atomic mass is 10.2. The van der Waals surface area contributed by atoms with Crippen molar-refractivity contribution in [1.29, 1.82) is 0 Å². The molecule has 6 heteroatoms. The summed E-state index contributed by atoms with van der Waals surface area (Å²) in [5.74, 6) is 2.10. The molecule has 0 unspecified atom stereocenters. The second-order valence-electron chi connectivity index (χ2n) is 4.18. The number of nitrogens with zero attached hydrogens (tertiary/aromatic N) is 5. The van der Waals surface area contributed by atoms with E-state index in [0.29, 0.717) is 5.95 Å². The zero-order valence-electron chi connectivity index (χ0n) is 11.2. The van der Waals surface area contributed by atoms with E-state index in [1.54, 1.807) is 4.68 Å². The third-order valence-corrected chi connectivity index (χ3v) is 2.70. The molecule has 6 nitrogen and oxygen atoms in total. The Kier molecular flexibility index (Phi) is 3.66. The van der Waals surface area contributed by atoms with Crippen molar-refractivity contribution >= 4 is 0 Å². The lowest BCUT2D eigenvalue weighted by Crippen LogP contribution is -2.15. The van der Waals surface area contributed by atoms with Gasteiger partial charge in [0.2, 0.25) is 0 Å². The molecule has 0 amide bonds. The number of nitrogens with one attached hydrogen (secondary N) is 1. The third-order valence-electron chi connectivity index (χ3n) is 2.70. The van der Waals surface area contributed by atoms with Crippen LogP contribution < -0.4 is 5.32 Å². The maximum absolute atomic E-state index is 4.48. The summed E-state index contributed by atoms with van der Waals surface area (Å²) in [6, 6.07) is 0. The summed E-state index contributed by atoms with van der Waals surface area (Å²) >= 11 is 0. The topological polar surface area (TPSA) is 68.5 Å². The Labute approximate surface area is 106 Å². The summed E-state index contributed by atoms with van der Waals surface area (Å²) in [5.41, 5.74) is 2.07. The van der Waals surface area contributed by atoms with E-state index in [1.165, 1.54) is 0 Å². The van der Waals surface area contributed by atoms with E-state index in [1.807, 2.05) is 27.0 Å². The minimum Gasteiger partial charge on any atom is -0.313 e. The van der Waals surface area contributed by atoms with E-state index in [2.05, 4.69) is 32.3 Å². The van der Waals surface area contributed by atoms with Crippen LogP contribution in [0.1, 0.15) is 29.8 Å². The van der Waals surface area contributed by atoms with Crippen molar-refractivity contribution in [3.05, 3.63) is 29.1 Å². The van der Waals surface area contributed by atoms with Gasteiger partial charge in [0.25, 0.3) is 5.95 Å². The normalized spacial score (nSPS) is 10.9. The van der Waals surface area contributed by atoms with Gasteiger partial charge < -0.3 is 5.32 Å². The van der Waals surface area contributed by atoms with Crippen LogP contribution in [0.4, 0.5) is 0 Å². The lowest BCUT2D eigenvalue weighted by Gasteiger charge is -2.07. The molecule has 0 fully saturated rings. The van der Waals surface area contributed by atoms with Crippen LogP contribution in [0.5, 0.6) is 0 Å². The number of hydrogen-bond donors (Lipinski definition) is 1. The van der Waals surface area contributed by atoms with Crippen molar-refractivity contribution in [2.24, 2.45) is 0 Å². The number of aryl methyl sites for hydroxylation is 3. The fraction of sp³-hybridized carbons (Fsp3) is 0.500. The predicted octanol–water partition coefficient (Wildman–Crippen LogP) is 1.09. The lowest BCUT2D eigenvalue weighted by molar-refractivity contribution is 0.705. The highest BCUT2D eigenvalue weighted by molar-refractivity contribution is 5.22. The minimum absolute atomic E-state index is 0.575. The Morgan fingerprint density at radius 3 is 2.56 bits per heavy atom. The molecule has 18 heavy (non-hydrogen) atoms. The molecule has 0 bridgehead atoms. The monoisotopic (exact) mass is 246 g/mol. The summed E-state index contributed by atoms with van der Waals surface area (Å²) in [4.78, 5) is 13.1. The predicted molar refractivity (Wildman–Crippen MR) is 68.5 cm³/mol. The van der Waals surface area contributed by atoms with Crippen molar-refractivity contribution < 1.29 is 0 Å². The fourth-order valence-electron chi connectivity index (χ4n) is 1.73. The second kappa shape index (κ2) is 5.22. The zero-order valence-corrected chi connectivity index (χ0v) is 11.2. The zero-order chi connectivity index (χ0) is 13.1. The number of hydrogen-bond acceptors (Lipinski definition) is 5. The van der Waals surface area contributed by atoms with E-state index < -0.39 is 0 Å². The molecule has 0 aliphatic heterocycles. The summed E-state index contributed by atoms with van der Waals surface area (Å²) in [7, 11) is 0. The summed E-state index contributed by atoms with van der Waals surface area (Å²) < 4.78 is 1.67. The van der Waals surface area contributed by atoms with Gasteiger partial charge in [0.05, 0.1) is 0 Å². The van der Waals surface area contributed by atoms with Gasteiger partial charge >= 0.3 is 0 Å². The average molecular weight is 246 g/mol. The maximum atomic E-state index is 4.48. The molecule has 2 aromatic rings. The molecule has 0 saturated heterocycles. The fourth-order valence-corrected chi connectivity index (χ4v) is 1.73.